The molecule has 108 valence electrons. The minimum Gasteiger partial charge on any atom is -0.395 e. The van der Waals surface area contributed by atoms with Crippen LogP contribution in [0.25, 0.3) is 0 Å². The first-order chi connectivity index (χ1) is 10.3. The van der Waals surface area contributed by atoms with Crippen LogP contribution in [0.1, 0.15) is 16.7 Å². The average molecular weight is 281 g/mol. The summed E-state index contributed by atoms with van der Waals surface area (Å²) in [6, 6.07) is 17.8. The van der Waals surface area contributed by atoms with Crippen LogP contribution >= 0.6 is 0 Å². The molecule has 0 saturated carbocycles. The lowest BCUT2D eigenvalue weighted by molar-refractivity contribution is 0.301. The fourth-order valence-corrected chi connectivity index (χ4v) is 2.28. The Kier molecular flexibility index (Phi) is 5.33. The van der Waals surface area contributed by atoms with Gasteiger partial charge in [0.1, 0.15) is 6.07 Å². The van der Waals surface area contributed by atoms with Crippen molar-refractivity contribution in [3.8, 4) is 6.07 Å². The van der Waals surface area contributed by atoms with E-state index in [2.05, 4.69) is 6.07 Å². The van der Waals surface area contributed by atoms with Crippen LogP contribution in [0.3, 0.4) is 0 Å². The van der Waals surface area contributed by atoms with Gasteiger partial charge in [0.15, 0.2) is 0 Å². The van der Waals surface area contributed by atoms with Crippen molar-refractivity contribution >= 4 is 5.69 Å². The molecule has 2 aromatic rings. The van der Waals surface area contributed by atoms with Crippen molar-refractivity contribution in [1.82, 2.24) is 0 Å². The van der Waals surface area contributed by atoms with Crippen molar-refractivity contribution in [3.05, 3.63) is 65.2 Å². The van der Waals surface area contributed by atoms with Gasteiger partial charge in [-0.15, -0.1) is 0 Å². The molecular formula is C17H19N3O. The fourth-order valence-electron chi connectivity index (χ4n) is 2.28. The van der Waals surface area contributed by atoms with E-state index in [4.69, 9.17) is 5.73 Å². The Hall–Kier alpha value is -2.35. The summed E-state index contributed by atoms with van der Waals surface area (Å²) >= 11 is 0. The molecule has 0 aliphatic rings. The Morgan fingerprint density at radius 3 is 2.48 bits per heavy atom. The molecule has 0 amide bonds. The number of aliphatic hydroxyl groups excluding tert-OH is 1. The number of benzene rings is 2. The van der Waals surface area contributed by atoms with E-state index >= 15 is 0 Å². The second kappa shape index (κ2) is 7.44. The number of rotatable bonds is 6. The summed E-state index contributed by atoms with van der Waals surface area (Å²) in [6.45, 7) is 1.58. The molecule has 21 heavy (non-hydrogen) atoms. The zero-order chi connectivity index (χ0) is 15.1. The van der Waals surface area contributed by atoms with Gasteiger partial charge in [0, 0.05) is 19.6 Å². The first-order valence-electron chi connectivity index (χ1n) is 6.91. The van der Waals surface area contributed by atoms with Gasteiger partial charge in [0.05, 0.1) is 17.9 Å². The van der Waals surface area contributed by atoms with E-state index in [0.29, 0.717) is 25.2 Å². The molecule has 0 aliphatic heterocycles. The molecule has 4 heteroatoms. The monoisotopic (exact) mass is 281 g/mol. The Balaban J connectivity index is 2.32. The van der Waals surface area contributed by atoms with Crippen molar-refractivity contribution in [2.45, 2.75) is 13.1 Å². The molecule has 2 rings (SSSR count). The molecule has 0 aromatic heterocycles. The normalized spacial score (nSPS) is 10.1. The largest absolute Gasteiger partial charge is 0.395 e. The highest BCUT2D eigenvalue weighted by Crippen LogP contribution is 2.23. The first-order valence-corrected chi connectivity index (χ1v) is 6.91. The Morgan fingerprint density at radius 1 is 1.10 bits per heavy atom. The quantitative estimate of drug-likeness (QED) is 0.849. The standard InChI is InChI=1S/C17H19N3O/c18-11-15-6-7-17(16(10-15)12-19)20(8-9-21)13-14-4-2-1-3-5-14/h1-7,10,21H,8-9,11,13,18H2. The van der Waals surface area contributed by atoms with Gasteiger partial charge >= 0.3 is 0 Å². The van der Waals surface area contributed by atoms with Crippen LogP contribution in [0.2, 0.25) is 0 Å². The van der Waals surface area contributed by atoms with Crippen molar-refractivity contribution in [2.24, 2.45) is 5.73 Å². The van der Waals surface area contributed by atoms with Gasteiger partial charge < -0.3 is 15.7 Å². The number of hydrogen-bond donors (Lipinski definition) is 2. The highest BCUT2D eigenvalue weighted by atomic mass is 16.3. The lowest BCUT2D eigenvalue weighted by atomic mass is 10.1. The van der Waals surface area contributed by atoms with Gasteiger partial charge in [-0.05, 0) is 23.3 Å². The molecule has 0 fully saturated rings. The van der Waals surface area contributed by atoms with Crippen LogP contribution in [0.15, 0.2) is 48.5 Å². The van der Waals surface area contributed by atoms with Crippen LogP contribution < -0.4 is 10.6 Å². The molecule has 0 saturated heterocycles. The molecular weight excluding hydrogens is 262 g/mol. The molecule has 0 heterocycles. The molecule has 0 radical (unpaired) electrons. The molecule has 0 unspecified atom stereocenters. The molecule has 3 N–H and O–H groups in total. The Bertz CT molecular complexity index is 620. The summed E-state index contributed by atoms with van der Waals surface area (Å²) in [5, 5.41) is 18.6. The molecule has 4 nitrogen and oxygen atoms in total. The van der Waals surface area contributed by atoms with Crippen LogP contribution in [0.5, 0.6) is 0 Å². The van der Waals surface area contributed by atoms with Crippen LogP contribution in [0, 0.1) is 11.3 Å². The van der Waals surface area contributed by atoms with Crippen molar-refractivity contribution in [1.29, 1.82) is 5.26 Å². The smallest absolute Gasteiger partial charge is 0.101 e. The molecule has 0 aliphatic carbocycles. The van der Waals surface area contributed by atoms with E-state index in [9.17, 15) is 10.4 Å². The lowest BCUT2D eigenvalue weighted by Crippen LogP contribution is -2.27. The first kappa shape index (κ1) is 15.0. The molecule has 0 bridgehead atoms. The minimum atomic E-state index is 0.0380. The predicted molar refractivity (Wildman–Crippen MR) is 83.6 cm³/mol. The van der Waals surface area contributed by atoms with Gasteiger partial charge in [-0.2, -0.15) is 5.26 Å². The van der Waals surface area contributed by atoms with Crippen LogP contribution in [-0.2, 0) is 13.1 Å². The zero-order valence-electron chi connectivity index (χ0n) is 11.9. The summed E-state index contributed by atoms with van der Waals surface area (Å²) in [5.74, 6) is 0. The van der Waals surface area contributed by atoms with E-state index in [-0.39, 0.29) is 6.61 Å². The topological polar surface area (TPSA) is 73.3 Å². The Morgan fingerprint density at radius 2 is 1.86 bits per heavy atom. The predicted octanol–water partition coefficient (Wildman–Crippen LogP) is 2.02. The molecule has 2 aromatic carbocycles. The maximum Gasteiger partial charge on any atom is 0.101 e. The number of nitrogens with two attached hydrogens (primary N) is 1. The lowest BCUT2D eigenvalue weighted by Gasteiger charge is -2.25. The maximum absolute atomic E-state index is 9.34. The number of nitriles is 1. The Labute approximate surface area is 125 Å². The van der Waals surface area contributed by atoms with Gasteiger partial charge in [-0.1, -0.05) is 36.4 Å². The number of anilines is 1. The van der Waals surface area contributed by atoms with Crippen molar-refractivity contribution in [3.63, 3.8) is 0 Å². The van der Waals surface area contributed by atoms with Gasteiger partial charge in [0.25, 0.3) is 0 Å². The minimum absolute atomic E-state index is 0.0380. The highest BCUT2D eigenvalue weighted by Gasteiger charge is 2.12. The average Bonchev–Trinajstić information content (AvgIpc) is 2.55. The van der Waals surface area contributed by atoms with E-state index in [0.717, 1.165) is 16.8 Å². The summed E-state index contributed by atoms with van der Waals surface area (Å²) in [6.07, 6.45) is 0. The zero-order valence-corrected chi connectivity index (χ0v) is 11.9. The van der Waals surface area contributed by atoms with Gasteiger partial charge in [-0.3, -0.25) is 0 Å². The van der Waals surface area contributed by atoms with Crippen molar-refractivity contribution in [2.75, 3.05) is 18.1 Å². The highest BCUT2D eigenvalue weighted by molar-refractivity contribution is 5.60. The van der Waals surface area contributed by atoms with Gasteiger partial charge in [0.2, 0.25) is 0 Å². The van der Waals surface area contributed by atoms with Gasteiger partial charge in [-0.25, -0.2) is 0 Å². The maximum atomic E-state index is 9.34. The molecule has 0 atom stereocenters. The van der Waals surface area contributed by atoms with E-state index in [1.165, 1.54) is 0 Å². The van der Waals surface area contributed by atoms with E-state index in [1.807, 2.05) is 53.4 Å². The molecule has 0 spiro atoms. The van der Waals surface area contributed by atoms with Crippen molar-refractivity contribution < 1.29 is 5.11 Å². The van der Waals surface area contributed by atoms with E-state index < -0.39 is 0 Å². The van der Waals surface area contributed by atoms with E-state index in [1.54, 1.807) is 0 Å². The number of hydrogen-bond acceptors (Lipinski definition) is 4. The van der Waals surface area contributed by atoms with Crippen LogP contribution in [-0.4, -0.2) is 18.3 Å². The second-order valence-corrected chi connectivity index (χ2v) is 4.80. The summed E-state index contributed by atoms with van der Waals surface area (Å²) in [4.78, 5) is 2.01. The number of aliphatic hydroxyl groups is 1. The summed E-state index contributed by atoms with van der Waals surface area (Å²) in [7, 11) is 0. The number of nitrogens with zero attached hydrogens (tertiary/aromatic N) is 2. The third kappa shape index (κ3) is 3.82. The third-order valence-electron chi connectivity index (χ3n) is 3.34. The van der Waals surface area contributed by atoms with Crippen LogP contribution in [0.4, 0.5) is 5.69 Å². The SMILES string of the molecule is N#Cc1cc(CN)ccc1N(CCO)Cc1ccccc1. The third-order valence-corrected chi connectivity index (χ3v) is 3.34. The summed E-state index contributed by atoms with van der Waals surface area (Å²) in [5.41, 5.74) is 9.10. The second-order valence-electron chi connectivity index (χ2n) is 4.80. The summed E-state index contributed by atoms with van der Waals surface area (Å²) < 4.78 is 0. The fraction of sp³-hybridized carbons (Fsp3) is 0.235.